The van der Waals surface area contributed by atoms with Crippen LogP contribution in [0.1, 0.15) is 20.8 Å². The maximum absolute atomic E-state index is 5.62. The van der Waals surface area contributed by atoms with Crippen molar-refractivity contribution in [2.45, 2.75) is 26.0 Å². The first-order valence-corrected chi connectivity index (χ1v) is 7.48. The van der Waals surface area contributed by atoms with Crippen LogP contribution >= 0.6 is 11.8 Å². The molecule has 1 atom stereocenters. The number of benzene rings is 1. The summed E-state index contributed by atoms with van der Waals surface area (Å²) >= 11 is 1.75. The number of hydrogen-bond acceptors (Lipinski definition) is 5. The predicted octanol–water partition coefficient (Wildman–Crippen LogP) is 3.39. The molecule has 1 aromatic carbocycles. The van der Waals surface area contributed by atoms with Gasteiger partial charge in [0.2, 0.25) is 0 Å². The number of amidine groups is 1. The van der Waals surface area contributed by atoms with Crippen LogP contribution in [0.15, 0.2) is 23.2 Å². The molecule has 0 aromatic heterocycles. The van der Waals surface area contributed by atoms with Gasteiger partial charge in [0.05, 0.1) is 25.4 Å². The number of anilines is 1. The van der Waals surface area contributed by atoms with Crippen LogP contribution in [0, 0.1) is 0 Å². The van der Waals surface area contributed by atoms with Gasteiger partial charge in [-0.15, -0.1) is 0 Å². The molecule has 0 amide bonds. The Labute approximate surface area is 118 Å². The van der Waals surface area contributed by atoms with Crippen LogP contribution in [0.4, 0.5) is 5.69 Å². The minimum absolute atomic E-state index is 0.535. The van der Waals surface area contributed by atoms with Gasteiger partial charge >= 0.3 is 0 Å². The van der Waals surface area contributed by atoms with Crippen molar-refractivity contribution in [2.24, 2.45) is 4.99 Å². The van der Waals surface area contributed by atoms with E-state index in [2.05, 4.69) is 17.2 Å². The highest BCUT2D eigenvalue weighted by atomic mass is 32.2. The van der Waals surface area contributed by atoms with Crippen LogP contribution in [-0.2, 0) is 0 Å². The summed E-state index contributed by atoms with van der Waals surface area (Å²) in [5.41, 5.74) is 0.910. The smallest absolute Gasteiger partial charge is 0.161 e. The fourth-order valence-corrected chi connectivity index (χ4v) is 2.65. The van der Waals surface area contributed by atoms with E-state index < -0.39 is 0 Å². The van der Waals surface area contributed by atoms with Crippen molar-refractivity contribution in [3.05, 3.63) is 18.2 Å². The summed E-state index contributed by atoms with van der Waals surface area (Å²) < 4.78 is 11.1. The molecule has 0 saturated carbocycles. The average Bonchev–Trinajstić information content (AvgIpc) is 2.79. The Hall–Kier alpha value is -1.36. The Kier molecular flexibility index (Phi) is 4.96. The van der Waals surface area contributed by atoms with Gasteiger partial charge in [-0.2, -0.15) is 0 Å². The molecule has 104 valence electrons. The van der Waals surface area contributed by atoms with Crippen LogP contribution in [0.2, 0.25) is 0 Å². The van der Waals surface area contributed by atoms with Gasteiger partial charge in [-0.25, -0.2) is 0 Å². The number of rotatable bonds is 5. The molecule has 1 heterocycles. The summed E-state index contributed by atoms with van der Waals surface area (Å²) in [7, 11) is 0. The minimum atomic E-state index is 0.535. The summed E-state index contributed by atoms with van der Waals surface area (Å²) in [6, 6.07) is 5.81. The normalized spacial score (nSPS) is 18.1. The lowest BCUT2D eigenvalue weighted by Gasteiger charge is -2.14. The van der Waals surface area contributed by atoms with Gasteiger partial charge in [0.1, 0.15) is 11.5 Å². The highest BCUT2D eigenvalue weighted by molar-refractivity contribution is 8.15. The van der Waals surface area contributed by atoms with Crippen molar-refractivity contribution < 1.29 is 9.47 Å². The molecule has 0 saturated heterocycles. The summed E-state index contributed by atoms with van der Waals surface area (Å²) in [5.74, 6) is 1.67. The van der Waals surface area contributed by atoms with Crippen molar-refractivity contribution in [1.82, 2.24) is 0 Å². The molecule has 0 fully saturated rings. The van der Waals surface area contributed by atoms with Gasteiger partial charge in [-0.1, -0.05) is 18.7 Å². The summed E-state index contributed by atoms with van der Waals surface area (Å²) in [6.45, 7) is 8.27. The van der Waals surface area contributed by atoms with E-state index in [9.17, 15) is 0 Å². The number of hydrogen-bond donors (Lipinski definition) is 1. The van der Waals surface area contributed by atoms with Crippen LogP contribution in [0.25, 0.3) is 0 Å². The van der Waals surface area contributed by atoms with Gasteiger partial charge in [0, 0.05) is 11.3 Å². The van der Waals surface area contributed by atoms with Gasteiger partial charge < -0.3 is 14.8 Å². The van der Waals surface area contributed by atoms with E-state index in [1.165, 1.54) is 0 Å². The third-order valence-electron chi connectivity index (χ3n) is 2.61. The average molecular weight is 280 g/mol. The summed E-state index contributed by atoms with van der Waals surface area (Å²) in [5, 5.41) is 4.81. The van der Waals surface area contributed by atoms with Crippen molar-refractivity contribution in [3.8, 4) is 11.5 Å². The zero-order valence-electron chi connectivity index (χ0n) is 11.6. The fourth-order valence-electron chi connectivity index (χ4n) is 1.81. The topological polar surface area (TPSA) is 42.9 Å². The molecule has 1 N–H and O–H groups in total. The summed E-state index contributed by atoms with van der Waals surface area (Å²) in [6.07, 6.45) is 0. The Morgan fingerprint density at radius 2 is 2.11 bits per heavy atom. The van der Waals surface area contributed by atoms with Crippen LogP contribution in [-0.4, -0.2) is 30.2 Å². The zero-order valence-corrected chi connectivity index (χ0v) is 12.4. The summed E-state index contributed by atoms with van der Waals surface area (Å²) in [4.78, 5) is 4.46. The molecule has 1 aliphatic heterocycles. The first-order valence-electron chi connectivity index (χ1n) is 6.60. The largest absolute Gasteiger partial charge is 0.494 e. The van der Waals surface area contributed by atoms with E-state index in [1.807, 2.05) is 32.0 Å². The molecular weight excluding hydrogens is 260 g/mol. The fraction of sp³-hybridized carbons (Fsp3) is 0.500. The van der Waals surface area contributed by atoms with E-state index in [-0.39, 0.29) is 0 Å². The molecule has 1 unspecified atom stereocenters. The van der Waals surface area contributed by atoms with Crippen molar-refractivity contribution in [2.75, 3.05) is 25.1 Å². The first kappa shape index (κ1) is 14.1. The number of thioether (sulfide) groups is 1. The predicted molar refractivity (Wildman–Crippen MR) is 81.8 cm³/mol. The Balaban J connectivity index is 2.17. The van der Waals surface area contributed by atoms with Gasteiger partial charge in [-0.3, -0.25) is 4.99 Å². The highest BCUT2D eigenvalue weighted by Crippen LogP contribution is 2.31. The highest BCUT2D eigenvalue weighted by Gasteiger charge is 2.16. The SMILES string of the molecule is CCOc1ccc(OCC)c(NC2=NCC(C)S2)c1. The molecule has 4 nitrogen and oxygen atoms in total. The molecule has 0 aliphatic carbocycles. The molecule has 2 rings (SSSR count). The monoisotopic (exact) mass is 280 g/mol. The quantitative estimate of drug-likeness (QED) is 0.898. The van der Waals surface area contributed by atoms with E-state index in [0.29, 0.717) is 18.5 Å². The van der Waals surface area contributed by atoms with E-state index in [1.54, 1.807) is 11.8 Å². The number of nitrogens with zero attached hydrogens (tertiary/aromatic N) is 1. The van der Waals surface area contributed by atoms with Crippen molar-refractivity contribution in [3.63, 3.8) is 0 Å². The van der Waals surface area contributed by atoms with Crippen LogP contribution in [0.3, 0.4) is 0 Å². The molecule has 1 aromatic rings. The maximum Gasteiger partial charge on any atom is 0.161 e. The van der Waals surface area contributed by atoms with Crippen molar-refractivity contribution >= 4 is 22.6 Å². The Morgan fingerprint density at radius 1 is 1.32 bits per heavy atom. The number of nitrogens with one attached hydrogen (secondary N) is 1. The second-order valence-corrected chi connectivity index (χ2v) is 5.65. The standard InChI is InChI=1S/C14H20N2O2S/c1-4-17-11-6-7-13(18-5-2)12(8-11)16-14-15-9-10(3)19-14/h6-8,10H,4-5,9H2,1-3H3,(H,15,16). The lowest BCUT2D eigenvalue weighted by Crippen LogP contribution is -2.08. The third-order valence-corrected chi connectivity index (χ3v) is 3.61. The lowest BCUT2D eigenvalue weighted by atomic mass is 10.2. The Bertz CT molecular complexity index is 463. The van der Waals surface area contributed by atoms with E-state index in [4.69, 9.17) is 9.47 Å². The second-order valence-electron chi connectivity index (χ2n) is 4.22. The lowest BCUT2D eigenvalue weighted by molar-refractivity contribution is 0.332. The molecule has 0 spiro atoms. The van der Waals surface area contributed by atoms with Crippen LogP contribution in [0.5, 0.6) is 11.5 Å². The maximum atomic E-state index is 5.62. The molecular formula is C14H20N2O2S. The van der Waals surface area contributed by atoms with Crippen LogP contribution < -0.4 is 14.8 Å². The number of ether oxygens (including phenoxy) is 2. The third kappa shape index (κ3) is 3.80. The molecule has 0 bridgehead atoms. The van der Waals surface area contributed by atoms with E-state index in [0.717, 1.165) is 28.9 Å². The van der Waals surface area contributed by atoms with Gasteiger partial charge in [0.15, 0.2) is 5.17 Å². The van der Waals surface area contributed by atoms with Gasteiger partial charge in [0.25, 0.3) is 0 Å². The second kappa shape index (κ2) is 6.70. The molecule has 5 heteroatoms. The minimum Gasteiger partial charge on any atom is -0.494 e. The zero-order chi connectivity index (χ0) is 13.7. The first-order chi connectivity index (χ1) is 9.22. The molecule has 19 heavy (non-hydrogen) atoms. The Morgan fingerprint density at radius 3 is 2.74 bits per heavy atom. The van der Waals surface area contributed by atoms with Gasteiger partial charge in [-0.05, 0) is 26.0 Å². The van der Waals surface area contributed by atoms with E-state index >= 15 is 0 Å². The number of aliphatic imine (C=N–C) groups is 1. The molecule has 1 aliphatic rings. The van der Waals surface area contributed by atoms with Crippen molar-refractivity contribution in [1.29, 1.82) is 0 Å². The molecule has 0 radical (unpaired) electrons.